The zero-order chi connectivity index (χ0) is 21.2. The Kier molecular flexibility index (Phi) is 6.70. The molecule has 1 aliphatic carbocycles. The van der Waals surface area contributed by atoms with E-state index in [4.69, 9.17) is 4.74 Å². The van der Waals surface area contributed by atoms with Crippen molar-refractivity contribution < 1.29 is 17.9 Å². The Labute approximate surface area is 175 Å². The topological polar surface area (TPSA) is 75.7 Å². The van der Waals surface area contributed by atoms with E-state index in [1.807, 2.05) is 12.1 Å². The van der Waals surface area contributed by atoms with Gasteiger partial charge in [0.2, 0.25) is 10.0 Å². The highest BCUT2D eigenvalue weighted by Gasteiger charge is 2.45. The maximum Gasteiger partial charge on any atom is 0.309 e. The first-order valence-electron chi connectivity index (χ1n) is 10.6. The van der Waals surface area contributed by atoms with Crippen molar-refractivity contribution in [2.45, 2.75) is 63.3 Å². The summed E-state index contributed by atoms with van der Waals surface area (Å²) in [6.07, 6.45) is 2.92. The highest BCUT2D eigenvalue weighted by atomic mass is 32.2. The SMILES string of the molecule is CCOC(=O)[C@@H]1C[C@H]1c1ccc(S(=O)(=O)NC[C@@H]2CCCN(C(C)(C)C)C2)cc1. The van der Waals surface area contributed by atoms with Crippen molar-refractivity contribution in [3.8, 4) is 0 Å². The Morgan fingerprint density at radius 1 is 1.24 bits per heavy atom. The second kappa shape index (κ2) is 8.74. The van der Waals surface area contributed by atoms with Crippen molar-refractivity contribution in [2.75, 3.05) is 26.2 Å². The Hall–Kier alpha value is -1.44. The van der Waals surface area contributed by atoms with Crippen LogP contribution in [0.3, 0.4) is 0 Å². The van der Waals surface area contributed by atoms with Crippen molar-refractivity contribution in [1.82, 2.24) is 9.62 Å². The largest absolute Gasteiger partial charge is 0.466 e. The van der Waals surface area contributed by atoms with Gasteiger partial charge in [0.15, 0.2) is 0 Å². The standard InChI is InChI=1S/C22H34N2O4S/c1-5-28-21(25)20-13-19(20)17-8-10-18(11-9-17)29(26,27)23-14-16-7-6-12-24(15-16)22(2,3)4/h8-11,16,19-20,23H,5-7,12-15H2,1-4H3/t16-,19-,20+/m0/s1. The zero-order valence-corrected chi connectivity index (χ0v) is 18.8. The van der Waals surface area contributed by atoms with Gasteiger partial charge in [0.1, 0.15) is 0 Å². The summed E-state index contributed by atoms with van der Waals surface area (Å²) in [5.74, 6) is 0.221. The van der Waals surface area contributed by atoms with Crippen LogP contribution in [0.5, 0.6) is 0 Å². The van der Waals surface area contributed by atoms with Gasteiger partial charge in [0, 0.05) is 18.6 Å². The lowest BCUT2D eigenvalue weighted by molar-refractivity contribution is -0.144. The molecule has 1 aromatic rings. The molecule has 162 valence electrons. The number of ether oxygens (including phenoxy) is 1. The summed E-state index contributed by atoms with van der Waals surface area (Å²) in [4.78, 5) is 14.5. The molecule has 1 saturated heterocycles. The maximum atomic E-state index is 12.7. The van der Waals surface area contributed by atoms with Crippen LogP contribution in [0, 0.1) is 11.8 Å². The van der Waals surface area contributed by atoms with Crippen molar-refractivity contribution in [1.29, 1.82) is 0 Å². The Morgan fingerprint density at radius 2 is 1.93 bits per heavy atom. The van der Waals surface area contributed by atoms with Gasteiger partial charge >= 0.3 is 5.97 Å². The molecule has 0 unspecified atom stereocenters. The van der Waals surface area contributed by atoms with Crippen molar-refractivity contribution in [3.63, 3.8) is 0 Å². The molecule has 1 aliphatic heterocycles. The van der Waals surface area contributed by atoms with E-state index < -0.39 is 10.0 Å². The lowest BCUT2D eigenvalue weighted by Crippen LogP contribution is -2.49. The van der Waals surface area contributed by atoms with E-state index in [0.717, 1.165) is 37.9 Å². The molecule has 0 spiro atoms. The van der Waals surface area contributed by atoms with Crippen LogP contribution in [0.15, 0.2) is 29.2 Å². The third-order valence-electron chi connectivity index (χ3n) is 6.03. The van der Waals surface area contributed by atoms with Crippen LogP contribution in [0.25, 0.3) is 0 Å². The monoisotopic (exact) mass is 422 g/mol. The molecule has 1 heterocycles. The van der Waals surface area contributed by atoms with E-state index in [1.165, 1.54) is 0 Å². The fourth-order valence-electron chi connectivity index (χ4n) is 4.12. The first-order valence-corrected chi connectivity index (χ1v) is 12.1. The molecule has 6 nitrogen and oxygen atoms in total. The van der Waals surface area contributed by atoms with E-state index in [9.17, 15) is 13.2 Å². The first-order chi connectivity index (χ1) is 13.6. The molecule has 2 fully saturated rings. The normalized spacial score (nSPS) is 25.6. The highest BCUT2D eigenvalue weighted by Crippen LogP contribution is 2.48. The fraction of sp³-hybridized carbons (Fsp3) is 0.682. The summed E-state index contributed by atoms with van der Waals surface area (Å²) in [7, 11) is -3.53. The summed E-state index contributed by atoms with van der Waals surface area (Å²) in [6, 6.07) is 6.92. The number of nitrogens with one attached hydrogen (secondary N) is 1. The van der Waals surface area contributed by atoms with Crippen LogP contribution in [-0.4, -0.2) is 51.1 Å². The lowest BCUT2D eigenvalue weighted by Gasteiger charge is -2.41. The van der Waals surface area contributed by atoms with Crippen LogP contribution in [0.1, 0.15) is 58.4 Å². The van der Waals surface area contributed by atoms with Gasteiger partial charge in [-0.1, -0.05) is 12.1 Å². The van der Waals surface area contributed by atoms with E-state index in [-0.39, 0.29) is 28.2 Å². The number of carbonyl (C=O) groups is 1. The molecule has 1 N–H and O–H groups in total. The number of hydrogen-bond acceptors (Lipinski definition) is 5. The molecule has 29 heavy (non-hydrogen) atoms. The zero-order valence-electron chi connectivity index (χ0n) is 18.0. The molecule has 1 aromatic carbocycles. The Balaban J connectivity index is 1.55. The average molecular weight is 423 g/mol. The second-order valence-electron chi connectivity index (χ2n) is 9.25. The van der Waals surface area contributed by atoms with Gasteiger partial charge in [-0.05, 0) is 83.0 Å². The molecule has 0 radical (unpaired) electrons. The minimum absolute atomic E-state index is 0.0902. The van der Waals surface area contributed by atoms with Crippen LogP contribution in [0.2, 0.25) is 0 Å². The summed E-state index contributed by atoms with van der Waals surface area (Å²) in [5.41, 5.74) is 1.10. The fourth-order valence-corrected chi connectivity index (χ4v) is 5.24. The van der Waals surface area contributed by atoms with Crippen LogP contribution in [0.4, 0.5) is 0 Å². The number of piperidine rings is 1. The Bertz CT molecular complexity index is 814. The van der Waals surface area contributed by atoms with E-state index >= 15 is 0 Å². The highest BCUT2D eigenvalue weighted by molar-refractivity contribution is 7.89. The number of carbonyl (C=O) groups excluding carboxylic acids is 1. The quantitative estimate of drug-likeness (QED) is 0.683. The molecular weight excluding hydrogens is 388 g/mol. The van der Waals surface area contributed by atoms with Crippen molar-refractivity contribution >= 4 is 16.0 Å². The number of hydrogen-bond donors (Lipinski definition) is 1. The lowest BCUT2D eigenvalue weighted by atomic mass is 9.94. The third kappa shape index (κ3) is 5.58. The molecule has 0 aromatic heterocycles. The van der Waals surface area contributed by atoms with Crippen molar-refractivity contribution in [3.05, 3.63) is 29.8 Å². The van der Waals surface area contributed by atoms with E-state index in [2.05, 4.69) is 30.4 Å². The van der Waals surface area contributed by atoms with Crippen LogP contribution in [-0.2, 0) is 19.6 Å². The van der Waals surface area contributed by atoms with Gasteiger partial charge in [-0.25, -0.2) is 13.1 Å². The molecule has 1 saturated carbocycles. The maximum absolute atomic E-state index is 12.7. The van der Waals surface area contributed by atoms with Gasteiger partial charge in [-0.3, -0.25) is 9.69 Å². The molecule has 0 bridgehead atoms. The van der Waals surface area contributed by atoms with E-state index in [1.54, 1.807) is 19.1 Å². The number of benzene rings is 1. The third-order valence-corrected chi connectivity index (χ3v) is 7.47. The molecule has 7 heteroatoms. The van der Waals surface area contributed by atoms with Crippen LogP contribution >= 0.6 is 0 Å². The predicted molar refractivity (Wildman–Crippen MR) is 113 cm³/mol. The van der Waals surface area contributed by atoms with E-state index in [0.29, 0.717) is 19.1 Å². The number of rotatable bonds is 7. The van der Waals surface area contributed by atoms with Gasteiger partial charge in [0.05, 0.1) is 17.4 Å². The van der Waals surface area contributed by atoms with Gasteiger partial charge in [-0.2, -0.15) is 0 Å². The number of likely N-dealkylation sites (tertiary alicyclic amines) is 1. The second-order valence-corrected chi connectivity index (χ2v) is 11.0. The summed E-state index contributed by atoms with van der Waals surface area (Å²) in [5, 5.41) is 0. The minimum Gasteiger partial charge on any atom is -0.466 e. The number of esters is 1. The summed E-state index contributed by atoms with van der Waals surface area (Å²) >= 11 is 0. The van der Waals surface area contributed by atoms with Crippen molar-refractivity contribution in [2.24, 2.45) is 11.8 Å². The van der Waals surface area contributed by atoms with Gasteiger partial charge in [-0.15, -0.1) is 0 Å². The first kappa shape index (κ1) is 22.2. The molecule has 2 aliphatic rings. The minimum atomic E-state index is -3.53. The van der Waals surface area contributed by atoms with Gasteiger partial charge in [0.25, 0.3) is 0 Å². The average Bonchev–Trinajstić information content (AvgIpc) is 3.47. The van der Waals surface area contributed by atoms with Crippen LogP contribution < -0.4 is 4.72 Å². The predicted octanol–water partition coefficient (Wildman–Crippen LogP) is 3.14. The molecule has 0 amide bonds. The smallest absolute Gasteiger partial charge is 0.309 e. The number of sulfonamides is 1. The summed E-state index contributed by atoms with van der Waals surface area (Å²) < 4.78 is 33.3. The molecule has 3 rings (SSSR count). The molecular formula is C22H34N2O4S. The number of nitrogens with zero attached hydrogens (tertiary/aromatic N) is 1. The molecule has 3 atom stereocenters. The summed E-state index contributed by atoms with van der Waals surface area (Å²) in [6.45, 7) is 11.2. The van der Waals surface area contributed by atoms with Gasteiger partial charge < -0.3 is 4.74 Å². The Morgan fingerprint density at radius 3 is 2.55 bits per heavy atom.